The van der Waals surface area contributed by atoms with Gasteiger partial charge in [0.2, 0.25) is 0 Å². The van der Waals surface area contributed by atoms with Gasteiger partial charge in [-0.3, -0.25) is 9.80 Å². The molecule has 0 saturated heterocycles. The summed E-state index contributed by atoms with van der Waals surface area (Å²) < 4.78 is 0. The SMILES string of the molecule is CCCCCC(CC)C(N(C)C)N(C)C. The molecule has 0 aliphatic heterocycles. The average molecular weight is 214 g/mol. The third-order valence-corrected chi connectivity index (χ3v) is 3.18. The zero-order chi connectivity index (χ0) is 11.8. The van der Waals surface area contributed by atoms with Crippen LogP contribution in [0.25, 0.3) is 0 Å². The molecule has 0 saturated carbocycles. The molecule has 0 fully saturated rings. The third-order valence-electron chi connectivity index (χ3n) is 3.18. The first kappa shape index (κ1) is 14.9. The van der Waals surface area contributed by atoms with E-state index >= 15 is 0 Å². The predicted octanol–water partition coefficient (Wildman–Crippen LogP) is 3.04. The highest BCUT2D eigenvalue weighted by molar-refractivity contribution is 4.73. The lowest BCUT2D eigenvalue weighted by Crippen LogP contribution is -2.45. The maximum absolute atomic E-state index is 2.35. The Bertz CT molecular complexity index is 135. The smallest absolute Gasteiger partial charge is 0.0641 e. The summed E-state index contributed by atoms with van der Waals surface area (Å²) in [6.07, 6.45) is 7.32. The van der Waals surface area contributed by atoms with E-state index in [1.54, 1.807) is 0 Å². The summed E-state index contributed by atoms with van der Waals surface area (Å²) in [7, 11) is 8.75. The Balaban J connectivity index is 4.19. The zero-order valence-electron chi connectivity index (χ0n) is 11.6. The number of rotatable bonds is 8. The summed E-state index contributed by atoms with van der Waals surface area (Å²) >= 11 is 0. The van der Waals surface area contributed by atoms with Gasteiger partial charge in [-0.25, -0.2) is 0 Å². The van der Waals surface area contributed by atoms with E-state index in [1.165, 1.54) is 32.1 Å². The molecule has 0 aromatic rings. The Morgan fingerprint density at radius 1 is 0.867 bits per heavy atom. The van der Waals surface area contributed by atoms with Crippen LogP contribution >= 0.6 is 0 Å². The van der Waals surface area contributed by atoms with Crippen LogP contribution in [0, 0.1) is 5.92 Å². The minimum Gasteiger partial charge on any atom is -0.294 e. The van der Waals surface area contributed by atoms with Crippen molar-refractivity contribution in [2.75, 3.05) is 28.2 Å². The highest BCUT2D eigenvalue weighted by Gasteiger charge is 2.23. The molecule has 1 unspecified atom stereocenters. The van der Waals surface area contributed by atoms with E-state index in [0.29, 0.717) is 6.17 Å². The Hall–Kier alpha value is -0.0800. The van der Waals surface area contributed by atoms with Gasteiger partial charge in [0.15, 0.2) is 0 Å². The molecule has 0 rings (SSSR count). The van der Waals surface area contributed by atoms with Gasteiger partial charge in [0.1, 0.15) is 0 Å². The third kappa shape index (κ3) is 5.53. The summed E-state index contributed by atoms with van der Waals surface area (Å²) in [4.78, 5) is 4.69. The van der Waals surface area contributed by atoms with Gasteiger partial charge in [-0.15, -0.1) is 0 Å². The lowest BCUT2D eigenvalue weighted by atomic mass is 9.94. The van der Waals surface area contributed by atoms with E-state index in [-0.39, 0.29) is 0 Å². The van der Waals surface area contributed by atoms with Crippen LogP contribution in [-0.4, -0.2) is 44.2 Å². The van der Waals surface area contributed by atoms with Crippen molar-refractivity contribution in [1.29, 1.82) is 0 Å². The summed E-state index contributed by atoms with van der Waals surface area (Å²) in [6, 6.07) is 0. The molecular weight excluding hydrogens is 184 g/mol. The second kappa shape index (κ2) is 8.12. The van der Waals surface area contributed by atoms with Crippen LogP contribution < -0.4 is 0 Å². The first-order valence-corrected chi connectivity index (χ1v) is 6.37. The summed E-state index contributed by atoms with van der Waals surface area (Å²) in [5, 5.41) is 0. The minimum atomic E-state index is 0.590. The fraction of sp³-hybridized carbons (Fsp3) is 1.00. The number of unbranched alkanes of at least 4 members (excludes halogenated alkanes) is 2. The van der Waals surface area contributed by atoms with Crippen molar-refractivity contribution in [3.05, 3.63) is 0 Å². The van der Waals surface area contributed by atoms with E-state index in [1.807, 2.05) is 0 Å². The molecule has 0 aromatic heterocycles. The Labute approximate surface area is 96.6 Å². The lowest BCUT2D eigenvalue weighted by Gasteiger charge is -2.37. The van der Waals surface area contributed by atoms with Crippen molar-refractivity contribution in [2.24, 2.45) is 5.92 Å². The van der Waals surface area contributed by atoms with Gasteiger partial charge in [0.25, 0.3) is 0 Å². The van der Waals surface area contributed by atoms with Crippen molar-refractivity contribution >= 4 is 0 Å². The van der Waals surface area contributed by atoms with Crippen LogP contribution in [0.1, 0.15) is 46.0 Å². The molecule has 0 aliphatic rings. The highest BCUT2D eigenvalue weighted by Crippen LogP contribution is 2.21. The second-order valence-corrected chi connectivity index (χ2v) is 5.00. The van der Waals surface area contributed by atoms with Gasteiger partial charge in [0.05, 0.1) is 6.17 Å². The first-order chi connectivity index (χ1) is 7.04. The topological polar surface area (TPSA) is 6.48 Å². The number of hydrogen-bond acceptors (Lipinski definition) is 2. The molecule has 0 bridgehead atoms. The van der Waals surface area contributed by atoms with E-state index < -0.39 is 0 Å². The van der Waals surface area contributed by atoms with Gasteiger partial charge in [-0.2, -0.15) is 0 Å². The van der Waals surface area contributed by atoms with Crippen LogP contribution in [0.5, 0.6) is 0 Å². The van der Waals surface area contributed by atoms with Crippen LogP contribution in [0.15, 0.2) is 0 Å². The van der Waals surface area contributed by atoms with E-state index in [4.69, 9.17) is 0 Å². The van der Waals surface area contributed by atoms with Crippen molar-refractivity contribution in [1.82, 2.24) is 9.80 Å². The molecular formula is C13H30N2. The summed E-state index contributed by atoms with van der Waals surface area (Å²) in [5.41, 5.74) is 0. The van der Waals surface area contributed by atoms with Crippen LogP contribution in [0.3, 0.4) is 0 Å². The zero-order valence-corrected chi connectivity index (χ0v) is 11.6. The van der Waals surface area contributed by atoms with Gasteiger partial charge in [-0.1, -0.05) is 39.5 Å². The highest BCUT2D eigenvalue weighted by atomic mass is 15.3. The molecule has 92 valence electrons. The van der Waals surface area contributed by atoms with E-state index in [2.05, 4.69) is 51.8 Å². The van der Waals surface area contributed by atoms with Gasteiger partial charge < -0.3 is 0 Å². The maximum atomic E-state index is 2.35. The van der Waals surface area contributed by atoms with Crippen LogP contribution in [0.4, 0.5) is 0 Å². The van der Waals surface area contributed by atoms with Crippen molar-refractivity contribution < 1.29 is 0 Å². The predicted molar refractivity (Wildman–Crippen MR) is 69.1 cm³/mol. The second-order valence-electron chi connectivity index (χ2n) is 5.00. The molecule has 0 N–H and O–H groups in total. The molecule has 0 spiro atoms. The van der Waals surface area contributed by atoms with Crippen molar-refractivity contribution in [3.63, 3.8) is 0 Å². The number of hydrogen-bond donors (Lipinski definition) is 0. The quantitative estimate of drug-likeness (QED) is 0.453. The number of nitrogens with zero attached hydrogens (tertiary/aromatic N) is 2. The molecule has 15 heavy (non-hydrogen) atoms. The van der Waals surface area contributed by atoms with Gasteiger partial charge in [0, 0.05) is 0 Å². The van der Waals surface area contributed by atoms with Crippen LogP contribution in [-0.2, 0) is 0 Å². The Kier molecular flexibility index (Phi) is 8.07. The van der Waals surface area contributed by atoms with Gasteiger partial charge >= 0.3 is 0 Å². The minimum absolute atomic E-state index is 0.590. The normalized spacial score (nSPS) is 14.2. The molecule has 0 amide bonds. The lowest BCUT2D eigenvalue weighted by molar-refractivity contribution is 0.0628. The Morgan fingerprint density at radius 2 is 1.40 bits per heavy atom. The fourth-order valence-electron chi connectivity index (χ4n) is 2.53. The van der Waals surface area contributed by atoms with Crippen LogP contribution in [0.2, 0.25) is 0 Å². The largest absolute Gasteiger partial charge is 0.294 e. The maximum Gasteiger partial charge on any atom is 0.0641 e. The molecule has 0 heterocycles. The molecule has 0 aliphatic carbocycles. The van der Waals surface area contributed by atoms with Gasteiger partial charge in [-0.05, 0) is 40.5 Å². The van der Waals surface area contributed by atoms with E-state index in [9.17, 15) is 0 Å². The summed E-state index contributed by atoms with van der Waals surface area (Å²) in [6.45, 7) is 4.59. The fourth-order valence-corrected chi connectivity index (χ4v) is 2.53. The molecule has 1 atom stereocenters. The molecule has 2 heteroatoms. The molecule has 0 aromatic carbocycles. The van der Waals surface area contributed by atoms with E-state index in [0.717, 1.165) is 5.92 Å². The van der Waals surface area contributed by atoms with Crippen molar-refractivity contribution in [2.45, 2.75) is 52.1 Å². The molecule has 2 nitrogen and oxygen atoms in total. The summed E-state index contributed by atoms with van der Waals surface area (Å²) in [5.74, 6) is 0.807. The monoisotopic (exact) mass is 214 g/mol. The average Bonchev–Trinajstić information content (AvgIpc) is 2.15. The standard InChI is InChI=1S/C13H30N2/c1-7-9-10-11-12(8-2)13(14(3)4)15(5)6/h12-13H,7-11H2,1-6H3. The first-order valence-electron chi connectivity index (χ1n) is 6.37. The Morgan fingerprint density at radius 3 is 1.73 bits per heavy atom. The van der Waals surface area contributed by atoms with Crippen molar-refractivity contribution in [3.8, 4) is 0 Å². The molecule has 0 radical (unpaired) electrons.